The van der Waals surface area contributed by atoms with Crippen LogP contribution in [0.1, 0.15) is 25.3 Å². The Balaban J connectivity index is 1.41. The largest absolute Gasteiger partial charge is 0.332 e. The van der Waals surface area contributed by atoms with E-state index in [2.05, 4.69) is 5.32 Å². The summed E-state index contributed by atoms with van der Waals surface area (Å²) in [5.74, 6) is -0.789. The number of imide groups is 1. The fourth-order valence-electron chi connectivity index (χ4n) is 3.90. The maximum absolute atomic E-state index is 12.8. The number of nitrogens with one attached hydrogen (secondary N) is 1. The number of amides is 5. The molecule has 4 rings (SSSR count). The molecule has 8 heteroatoms. The Labute approximate surface area is 180 Å². The van der Waals surface area contributed by atoms with E-state index in [1.54, 1.807) is 48.2 Å². The van der Waals surface area contributed by atoms with Crippen LogP contribution < -0.4 is 15.1 Å². The number of urea groups is 1. The molecule has 31 heavy (non-hydrogen) atoms. The number of nitrogens with zero attached hydrogens (tertiary/aromatic N) is 3. The first kappa shape index (κ1) is 20.6. The molecule has 1 atom stereocenters. The van der Waals surface area contributed by atoms with Gasteiger partial charge in [0.15, 0.2) is 0 Å². The van der Waals surface area contributed by atoms with Crippen LogP contribution in [0.2, 0.25) is 0 Å². The second-order valence-corrected chi connectivity index (χ2v) is 7.83. The summed E-state index contributed by atoms with van der Waals surface area (Å²) in [7, 11) is 0. The molecule has 1 N–H and O–H groups in total. The lowest BCUT2D eigenvalue weighted by Crippen LogP contribution is -2.39. The van der Waals surface area contributed by atoms with Crippen molar-refractivity contribution in [1.82, 2.24) is 4.90 Å². The van der Waals surface area contributed by atoms with Crippen LogP contribution in [0.4, 0.5) is 21.9 Å². The number of hydrogen-bond donors (Lipinski definition) is 1. The Morgan fingerprint density at radius 2 is 1.65 bits per heavy atom. The molecule has 1 unspecified atom stereocenters. The van der Waals surface area contributed by atoms with Crippen molar-refractivity contribution >= 4 is 40.8 Å². The van der Waals surface area contributed by atoms with E-state index in [4.69, 9.17) is 0 Å². The van der Waals surface area contributed by atoms with Gasteiger partial charge in [-0.25, -0.2) is 4.79 Å². The summed E-state index contributed by atoms with van der Waals surface area (Å²) in [5.41, 5.74) is 2.98. The van der Waals surface area contributed by atoms with Crippen LogP contribution in [0.25, 0.3) is 0 Å². The number of carbonyl (C=O) groups excluding carboxylic acids is 4. The van der Waals surface area contributed by atoms with Gasteiger partial charge in [0.2, 0.25) is 11.8 Å². The molecule has 0 spiro atoms. The molecule has 0 aromatic heterocycles. The van der Waals surface area contributed by atoms with Crippen molar-refractivity contribution < 1.29 is 19.2 Å². The second kappa shape index (κ2) is 8.22. The Kier molecular flexibility index (Phi) is 5.46. The molecule has 2 fully saturated rings. The lowest BCUT2D eigenvalue weighted by atomic mass is 10.2. The maximum Gasteiger partial charge on any atom is 0.332 e. The SMILES string of the molecule is Cc1ccc(N2C(=O)N(CC(=O)Nc3ccc(N4CCCC4=O)cc3)C(=O)C2C)cc1. The summed E-state index contributed by atoms with van der Waals surface area (Å²) in [6.45, 7) is 3.92. The molecular formula is C23H24N4O4. The van der Waals surface area contributed by atoms with E-state index in [0.717, 1.165) is 22.6 Å². The third-order valence-corrected chi connectivity index (χ3v) is 5.60. The number of anilines is 3. The Morgan fingerprint density at radius 1 is 1.00 bits per heavy atom. The van der Waals surface area contributed by atoms with Gasteiger partial charge in [0.05, 0.1) is 0 Å². The molecule has 0 bridgehead atoms. The van der Waals surface area contributed by atoms with E-state index in [9.17, 15) is 19.2 Å². The third-order valence-electron chi connectivity index (χ3n) is 5.60. The minimum Gasteiger partial charge on any atom is -0.325 e. The maximum atomic E-state index is 12.8. The van der Waals surface area contributed by atoms with Crippen LogP contribution in [-0.2, 0) is 14.4 Å². The molecule has 160 valence electrons. The summed E-state index contributed by atoms with van der Waals surface area (Å²) < 4.78 is 0. The van der Waals surface area contributed by atoms with Gasteiger partial charge in [0.25, 0.3) is 5.91 Å². The molecule has 0 aliphatic carbocycles. The molecule has 2 aromatic carbocycles. The zero-order chi connectivity index (χ0) is 22.1. The predicted octanol–water partition coefficient (Wildman–Crippen LogP) is 2.92. The third kappa shape index (κ3) is 4.01. The first-order valence-electron chi connectivity index (χ1n) is 10.3. The van der Waals surface area contributed by atoms with E-state index < -0.39 is 23.9 Å². The van der Waals surface area contributed by atoms with Gasteiger partial charge >= 0.3 is 6.03 Å². The van der Waals surface area contributed by atoms with E-state index in [1.807, 2.05) is 19.1 Å². The highest BCUT2D eigenvalue weighted by Gasteiger charge is 2.44. The number of carbonyl (C=O) groups is 4. The van der Waals surface area contributed by atoms with Crippen LogP contribution in [0.15, 0.2) is 48.5 Å². The van der Waals surface area contributed by atoms with Gasteiger partial charge in [-0.3, -0.25) is 24.2 Å². The Bertz CT molecular complexity index is 1030. The molecule has 0 saturated carbocycles. The zero-order valence-corrected chi connectivity index (χ0v) is 17.5. The van der Waals surface area contributed by atoms with Crippen LogP contribution in [0.3, 0.4) is 0 Å². The normalized spacial score (nSPS) is 18.8. The molecule has 2 heterocycles. The van der Waals surface area contributed by atoms with Crippen molar-refractivity contribution in [1.29, 1.82) is 0 Å². The zero-order valence-electron chi connectivity index (χ0n) is 17.5. The quantitative estimate of drug-likeness (QED) is 0.753. The van der Waals surface area contributed by atoms with Crippen molar-refractivity contribution in [3.8, 4) is 0 Å². The van der Waals surface area contributed by atoms with E-state index in [-0.39, 0.29) is 12.5 Å². The molecule has 2 aliphatic rings. The number of benzene rings is 2. The summed E-state index contributed by atoms with van der Waals surface area (Å²) in [6.07, 6.45) is 1.39. The van der Waals surface area contributed by atoms with Crippen LogP contribution in [0.5, 0.6) is 0 Å². The average Bonchev–Trinajstić information content (AvgIpc) is 3.26. The van der Waals surface area contributed by atoms with Crippen LogP contribution in [-0.4, -0.2) is 47.8 Å². The van der Waals surface area contributed by atoms with E-state index in [0.29, 0.717) is 24.3 Å². The highest BCUT2D eigenvalue weighted by molar-refractivity contribution is 6.16. The van der Waals surface area contributed by atoms with Gasteiger partial charge in [0, 0.05) is 30.0 Å². The lowest BCUT2D eigenvalue weighted by molar-refractivity contribution is -0.130. The van der Waals surface area contributed by atoms with Gasteiger partial charge in [-0.05, 0) is 56.7 Å². The van der Waals surface area contributed by atoms with Crippen molar-refractivity contribution in [2.75, 3.05) is 28.2 Å². The van der Waals surface area contributed by atoms with E-state index in [1.165, 1.54) is 4.90 Å². The summed E-state index contributed by atoms with van der Waals surface area (Å²) >= 11 is 0. The van der Waals surface area contributed by atoms with Crippen molar-refractivity contribution in [3.05, 3.63) is 54.1 Å². The minimum absolute atomic E-state index is 0.0927. The Morgan fingerprint density at radius 3 is 2.26 bits per heavy atom. The highest BCUT2D eigenvalue weighted by atomic mass is 16.2. The summed E-state index contributed by atoms with van der Waals surface area (Å²) in [5, 5.41) is 2.71. The predicted molar refractivity (Wildman–Crippen MR) is 117 cm³/mol. The molecular weight excluding hydrogens is 396 g/mol. The minimum atomic E-state index is -0.680. The molecule has 2 saturated heterocycles. The summed E-state index contributed by atoms with van der Waals surface area (Å²) in [4.78, 5) is 53.9. The van der Waals surface area contributed by atoms with Gasteiger partial charge in [0.1, 0.15) is 12.6 Å². The van der Waals surface area contributed by atoms with Gasteiger partial charge in [-0.2, -0.15) is 0 Å². The molecule has 8 nitrogen and oxygen atoms in total. The average molecular weight is 420 g/mol. The van der Waals surface area contributed by atoms with E-state index >= 15 is 0 Å². The van der Waals surface area contributed by atoms with Crippen LogP contribution >= 0.6 is 0 Å². The molecule has 0 radical (unpaired) electrons. The van der Waals surface area contributed by atoms with Gasteiger partial charge < -0.3 is 10.2 Å². The van der Waals surface area contributed by atoms with Gasteiger partial charge in [-0.1, -0.05) is 17.7 Å². The van der Waals surface area contributed by atoms with Crippen molar-refractivity contribution in [3.63, 3.8) is 0 Å². The molecule has 2 aliphatic heterocycles. The Hall–Kier alpha value is -3.68. The first-order valence-corrected chi connectivity index (χ1v) is 10.3. The highest BCUT2D eigenvalue weighted by Crippen LogP contribution is 2.26. The van der Waals surface area contributed by atoms with Crippen molar-refractivity contribution in [2.45, 2.75) is 32.7 Å². The summed E-state index contributed by atoms with van der Waals surface area (Å²) in [6, 6.07) is 13.1. The fourth-order valence-corrected chi connectivity index (χ4v) is 3.90. The van der Waals surface area contributed by atoms with Gasteiger partial charge in [-0.15, -0.1) is 0 Å². The topological polar surface area (TPSA) is 90.0 Å². The molecule has 2 aromatic rings. The monoisotopic (exact) mass is 420 g/mol. The number of rotatable bonds is 5. The first-order chi connectivity index (χ1) is 14.8. The van der Waals surface area contributed by atoms with Crippen LogP contribution in [0, 0.1) is 6.92 Å². The lowest BCUT2D eigenvalue weighted by Gasteiger charge is -2.19. The smallest absolute Gasteiger partial charge is 0.325 e. The standard InChI is InChI=1S/C23H24N4O4/c1-15-5-9-19(10-6-15)27-16(2)22(30)26(23(27)31)14-20(28)24-17-7-11-18(12-8-17)25-13-3-4-21(25)29/h5-12,16H,3-4,13-14H2,1-2H3,(H,24,28). The molecule has 5 amide bonds. The fraction of sp³-hybridized carbons (Fsp3) is 0.304. The number of hydrogen-bond acceptors (Lipinski definition) is 4. The van der Waals surface area contributed by atoms with Crippen molar-refractivity contribution in [2.24, 2.45) is 0 Å². The second-order valence-electron chi connectivity index (χ2n) is 7.83. The number of aryl methyl sites for hydroxylation is 1.